The number of rotatable bonds is 6. The number of hydrogen-bond donors (Lipinski definition) is 2. The lowest BCUT2D eigenvalue weighted by atomic mass is 10.2. The molecule has 19 heavy (non-hydrogen) atoms. The van der Waals surface area contributed by atoms with Gasteiger partial charge in [0.15, 0.2) is 0 Å². The minimum Gasteiger partial charge on any atom is -0.481 e. The predicted molar refractivity (Wildman–Crippen MR) is 68.1 cm³/mol. The molecular formula is C13H17FN2O3. The topological polar surface area (TPSA) is 69.6 Å². The molecule has 0 radical (unpaired) electrons. The highest BCUT2D eigenvalue weighted by Gasteiger charge is 2.08. The molecule has 0 saturated heterocycles. The van der Waals surface area contributed by atoms with Crippen molar-refractivity contribution in [1.29, 1.82) is 0 Å². The molecule has 0 aliphatic carbocycles. The van der Waals surface area contributed by atoms with E-state index >= 15 is 0 Å². The molecule has 0 atom stereocenters. The van der Waals surface area contributed by atoms with Crippen LogP contribution in [-0.2, 0) is 11.3 Å². The first-order valence-electron chi connectivity index (χ1n) is 5.94. The molecule has 0 bridgehead atoms. The zero-order valence-corrected chi connectivity index (χ0v) is 10.7. The summed E-state index contributed by atoms with van der Waals surface area (Å²) in [6.07, 6.45) is 0.450. The zero-order valence-electron chi connectivity index (χ0n) is 10.7. The lowest BCUT2D eigenvalue weighted by molar-refractivity contribution is -0.137. The summed E-state index contributed by atoms with van der Waals surface area (Å²) in [4.78, 5) is 23.4. The number of carboxylic acid groups (broad SMARTS) is 1. The Balaban J connectivity index is 2.30. The molecule has 0 aliphatic heterocycles. The third-order valence-electron chi connectivity index (χ3n) is 2.59. The first-order valence-corrected chi connectivity index (χ1v) is 5.94. The van der Waals surface area contributed by atoms with Gasteiger partial charge in [-0.1, -0.05) is 12.1 Å². The van der Waals surface area contributed by atoms with E-state index in [2.05, 4.69) is 5.32 Å². The maximum Gasteiger partial charge on any atom is 0.317 e. The maximum absolute atomic E-state index is 12.7. The van der Waals surface area contributed by atoms with Crippen LogP contribution in [0.15, 0.2) is 24.3 Å². The van der Waals surface area contributed by atoms with Gasteiger partial charge in [-0.25, -0.2) is 9.18 Å². The first kappa shape index (κ1) is 14.9. The molecule has 6 heteroatoms. The van der Waals surface area contributed by atoms with E-state index in [1.54, 1.807) is 19.2 Å². The minimum absolute atomic E-state index is 0.0373. The van der Waals surface area contributed by atoms with E-state index in [4.69, 9.17) is 5.11 Å². The van der Waals surface area contributed by atoms with Gasteiger partial charge in [0, 0.05) is 26.6 Å². The third kappa shape index (κ3) is 5.85. The third-order valence-corrected chi connectivity index (χ3v) is 2.59. The Bertz CT molecular complexity index is 434. The fourth-order valence-electron chi connectivity index (χ4n) is 1.48. The normalized spacial score (nSPS) is 10.0. The fraction of sp³-hybridized carbons (Fsp3) is 0.385. The average Bonchev–Trinajstić information content (AvgIpc) is 2.37. The van der Waals surface area contributed by atoms with Gasteiger partial charge in [-0.15, -0.1) is 0 Å². The zero-order chi connectivity index (χ0) is 14.3. The SMILES string of the molecule is CN(CCCC(=O)O)C(=O)NCc1ccc(F)cc1. The summed E-state index contributed by atoms with van der Waals surface area (Å²) >= 11 is 0. The van der Waals surface area contributed by atoms with Gasteiger partial charge in [0.2, 0.25) is 0 Å². The molecule has 2 amide bonds. The maximum atomic E-state index is 12.7. The van der Waals surface area contributed by atoms with E-state index in [0.717, 1.165) is 5.56 Å². The van der Waals surface area contributed by atoms with Crippen LogP contribution in [0.5, 0.6) is 0 Å². The molecule has 0 aromatic heterocycles. The van der Waals surface area contributed by atoms with Crippen molar-refractivity contribution < 1.29 is 19.1 Å². The van der Waals surface area contributed by atoms with Gasteiger partial charge in [0.1, 0.15) is 5.82 Å². The smallest absolute Gasteiger partial charge is 0.317 e. The van der Waals surface area contributed by atoms with Crippen molar-refractivity contribution in [1.82, 2.24) is 10.2 Å². The van der Waals surface area contributed by atoms with Crippen molar-refractivity contribution in [3.8, 4) is 0 Å². The molecule has 1 aromatic carbocycles. The number of hydrogen-bond acceptors (Lipinski definition) is 2. The largest absolute Gasteiger partial charge is 0.481 e. The molecule has 0 heterocycles. The van der Waals surface area contributed by atoms with Gasteiger partial charge in [0.05, 0.1) is 0 Å². The molecule has 0 saturated carbocycles. The van der Waals surface area contributed by atoms with Crippen molar-refractivity contribution in [2.45, 2.75) is 19.4 Å². The summed E-state index contributed by atoms with van der Waals surface area (Å²) < 4.78 is 12.7. The van der Waals surface area contributed by atoms with Crippen LogP contribution in [0.25, 0.3) is 0 Å². The Hall–Kier alpha value is -2.11. The van der Waals surface area contributed by atoms with Crippen LogP contribution in [0.3, 0.4) is 0 Å². The van der Waals surface area contributed by atoms with Crippen LogP contribution in [0, 0.1) is 5.82 Å². The highest BCUT2D eigenvalue weighted by Crippen LogP contribution is 2.02. The molecule has 1 aromatic rings. The standard InChI is InChI=1S/C13H17FN2O3/c1-16(8-2-3-12(17)18)13(19)15-9-10-4-6-11(14)7-5-10/h4-7H,2-3,8-9H2,1H3,(H,15,19)(H,17,18). The number of carbonyl (C=O) groups is 2. The minimum atomic E-state index is -0.875. The molecular weight excluding hydrogens is 251 g/mol. The highest BCUT2D eigenvalue weighted by atomic mass is 19.1. The molecule has 2 N–H and O–H groups in total. The molecule has 0 aliphatic rings. The second-order valence-corrected chi connectivity index (χ2v) is 4.20. The quantitative estimate of drug-likeness (QED) is 0.827. The molecule has 0 fully saturated rings. The predicted octanol–water partition coefficient (Wildman–Crippen LogP) is 1.83. The van der Waals surface area contributed by atoms with Crippen molar-refractivity contribution in [3.63, 3.8) is 0 Å². The number of nitrogens with one attached hydrogen (secondary N) is 1. The number of aliphatic carboxylic acids is 1. The number of nitrogens with zero attached hydrogens (tertiary/aromatic N) is 1. The number of carboxylic acids is 1. The van der Waals surface area contributed by atoms with Gasteiger partial charge in [-0.2, -0.15) is 0 Å². The summed E-state index contributed by atoms with van der Waals surface area (Å²) in [5.74, 6) is -1.19. The fourth-order valence-corrected chi connectivity index (χ4v) is 1.48. The van der Waals surface area contributed by atoms with Crippen molar-refractivity contribution in [2.24, 2.45) is 0 Å². The second kappa shape index (κ2) is 7.35. The van der Waals surface area contributed by atoms with Gasteiger partial charge in [-0.05, 0) is 24.1 Å². The summed E-state index contributed by atoms with van der Waals surface area (Å²) in [5, 5.41) is 11.2. The number of halogens is 1. The van der Waals surface area contributed by atoms with E-state index in [1.165, 1.54) is 17.0 Å². The van der Waals surface area contributed by atoms with Gasteiger partial charge in [-0.3, -0.25) is 4.79 Å². The van der Waals surface area contributed by atoms with E-state index in [0.29, 0.717) is 19.5 Å². The Morgan fingerprint density at radius 3 is 2.53 bits per heavy atom. The van der Waals surface area contributed by atoms with Gasteiger partial charge < -0.3 is 15.3 Å². The van der Waals surface area contributed by atoms with Gasteiger partial charge in [0.25, 0.3) is 0 Å². The summed E-state index contributed by atoms with van der Waals surface area (Å²) in [5.41, 5.74) is 0.800. The molecule has 0 spiro atoms. The lowest BCUT2D eigenvalue weighted by Gasteiger charge is -2.17. The second-order valence-electron chi connectivity index (χ2n) is 4.20. The van der Waals surface area contributed by atoms with E-state index in [9.17, 15) is 14.0 Å². The molecule has 0 unspecified atom stereocenters. The van der Waals surface area contributed by atoms with E-state index in [1.807, 2.05) is 0 Å². The molecule has 104 valence electrons. The Labute approximate surface area is 111 Å². The lowest BCUT2D eigenvalue weighted by Crippen LogP contribution is -2.37. The number of benzene rings is 1. The highest BCUT2D eigenvalue weighted by molar-refractivity contribution is 5.74. The van der Waals surface area contributed by atoms with Crippen LogP contribution in [0.1, 0.15) is 18.4 Å². The van der Waals surface area contributed by atoms with Crippen LogP contribution in [0.2, 0.25) is 0 Å². The number of carbonyl (C=O) groups excluding carboxylic acids is 1. The van der Waals surface area contributed by atoms with Crippen molar-refractivity contribution >= 4 is 12.0 Å². The molecule has 1 rings (SSSR count). The van der Waals surface area contributed by atoms with Crippen LogP contribution < -0.4 is 5.32 Å². The first-order chi connectivity index (χ1) is 8.99. The number of amides is 2. The average molecular weight is 268 g/mol. The Morgan fingerprint density at radius 2 is 1.95 bits per heavy atom. The van der Waals surface area contributed by atoms with E-state index in [-0.39, 0.29) is 18.3 Å². The number of urea groups is 1. The Kier molecular flexibility index (Phi) is 5.78. The summed E-state index contributed by atoms with van der Waals surface area (Å²) in [7, 11) is 1.60. The van der Waals surface area contributed by atoms with Crippen LogP contribution in [0.4, 0.5) is 9.18 Å². The summed E-state index contributed by atoms with van der Waals surface area (Å²) in [6.45, 7) is 0.684. The van der Waals surface area contributed by atoms with Gasteiger partial charge >= 0.3 is 12.0 Å². The van der Waals surface area contributed by atoms with Crippen LogP contribution in [-0.4, -0.2) is 35.6 Å². The molecule has 5 nitrogen and oxygen atoms in total. The summed E-state index contributed by atoms with van der Waals surface area (Å²) in [6, 6.07) is 5.57. The Morgan fingerprint density at radius 1 is 1.32 bits per heavy atom. The van der Waals surface area contributed by atoms with Crippen LogP contribution >= 0.6 is 0 Å². The van der Waals surface area contributed by atoms with Crippen molar-refractivity contribution in [2.75, 3.05) is 13.6 Å². The van der Waals surface area contributed by atoms with Crippen molar-refractivity contribution in [3.05, 3.63) is 35.6 Å². The monoisotopic (exact) mass is 268 g/mol. The van der Waals surface area contributed by atoms with E-state index < -0.39 is 5.97 Å².